The first-order valence-corrected chi connectivity index (χ1v) is 11.3. The molecule has 9 nitrogen and oxygen atoms in total. The zero-order valence-electron chi connectivity index (χ0n) is 19.4. The van der Waals surface area contributed by atoms with E-state index in [4.69, 9.17) is 13.9 Å². The molecule has 1 atom stereocenters. The van der Waals surface area contributed by atoms with E-state index >= 15 is 0 Å². The Morgan fingerprint density at radius 3 is 2.71 bits per heavy atom. The highest BCUT2D eigenvalue weighted by Crippen LogP contribution is 2.45. The number of amides is 2. The summed E-state index contributed by atoms with van der Waals surface area (Å²) in [5.41, 5.74) is 0.310. The molecule has 35 heavy (non-hydrogen) atoms. The fraction of sp³-hybridized carbons (Fsp3) is 0.308. The van der Waals surface area contributed by atoms with Gasteiger partial charge in [0.1, 0.15) is 12.2 Å². The van der Waals surface area contributed by atoms with Crippen molar-refractivity contribution >= 4 is 34.4 Å². The summed E-state index contributed by atoms with van der Waals surface area (Å²) in [5, 5.41) is 0.640. The van der Waals surface area contributed by atoms with Crippen molar-refractivity contribution in [2.45, 2.75) is 32.0 Å². The lowest BCUT2D eigenvalue weighted by Crippen LogP contribution is -2.68. The van der Waals surface area contributed by atoms with Gasteiger partial charge in [0.15, 0.2) is 0 Å². The van der Waals surface area contributed by atoms with Gasteiger partial charge in [0.2, 0.25) is 11.6 Å². The molecule has 1 aromatic heterocycles. The number of fused-ring (bicyclic) bond motifs is 4. The van der Waals surface area contributed by atoms with Crippen LogP contribution in [0.4, 0.5) is 5.69 Å². The third-order valence-corrected chi connectivity index (χ3v) is 6.56. The van der Waals surface area contributed by atoms with Gasteiger partial charge in [0, 0.05) is 43.5 Å². The normalized spacial score (nSPS) is 19.1. The van der Waals surface area contributed by atoms with Crippen LogP contribution in [0.5, 0.6) is 0 Å². The number of carbonyl (C=O) groups excluding carboxylic acids is 3. The molecule has 0 radical (unpaired) electrons. The Balaban J connectivity index is 1.55. The SMILES string of the molecule is COCCN1C(=O)c2ccccc2N2C(=O)CC[C@]12C(=O)OCc1cc(=O)oc2cc(C)ccc12. The van der Waals surface area contributed by atoms with E-state index < -0.39 is 17.3 Å². The lowest BCUT2D eigenvalue weighted by atomic mass is 9.96. The Morgan fingerprint density at radius 2 is 1.91 bits per heavy atom. The average molecular weight is 476 g/mol. The van der Waals surface area contributed by atoms with Crippen LogP contribution in [0.3, 0.4) is 0 Å². The van der Waals surface area contributed by atoms with Crippen molar-refractivity contribution in [3.63, 3.8) is 0 Å². The summed E-state index contributed by atoms with van der Waals surface area (Å²) in [6.07, 6.45) is 0.169. The van der Waals surface area contributed by atoms with E-state index in [1.165, 1.54) is 23.0 Å². The summed E-state index contributed by atoms with van der Waals surface area (Å²) in [6.45, 7) is 1.93. The number of benzene rings is 2. The highest BCUT2D eigenvalue weighted by molar-refractivity contribution is 6.15. The number of aryl methyl sites for hydroxylation is 1. The second-order valence-corrected chi connectivity index (χ2v) is 8.68. The molecule has 0 saturated carbocycles. The number of esters is 1. The Bertz CT molecular complexity index is 1410. The van der Waals surface area contributed by atoms with E-state index in [0.717, 1.165) is 5.56 Å². The minimum absolute atomic E-state index is 0.0807. The van der Waals surface area contributed by atoms with E-state index in [0.29, 0.717) is 27.8 Å². The van der Waals surface area contributed by atoms with Crippen molar-refractivity contribution in [2.75, 3.05) is 25.2 Å². The number of hydrogen-bond donors (Lipinski definition) is 0. The molecule has 5 rings (SSSR count). The monoisotopic (exact) mass is 476 g/mol. The second kappa shape index (κ2) is 8.66. The largest absolute Gasteiger partial charge is 0.458 e. The van der Waals surface area contributed by atoms with Crippen molar-refractivity contribution in [1.29, 1.82) is 0 Å². The number of methoxy groups -OCH3 is 1. The number of anilines is 1. The first-order valence-electron chi connectivity index (χ1n) is 11.3. The number of para-hydroxylation sites is 1. The number of ether oxygens (including phenoxy) is 2. The number of nitrogens with zero attached hydrogens (tertiary/aromatic N) is 2. The van der Waals surface area contributed by atoms with E-state index in [1.54, 1.807) is 36.4 Å². The molecular weight excluding hydrogens is 452 g/mol. The summed E-state index contributed by atoms with van der Waals surface area (Å²) in [6, 6.07) is 13.4. The smallest absolute Gasteiger partial charge is 0.354 e. The Hall–Kier alpha value is -3.98. The maximum Gasteiger partial charge on any atom is 0.354 e. The molecule has 0 N–H and O–H groups in total. The summed E-state index contributed by atoms with van der Waals surface area (Å²) in [5.74, 6) is -1.39. The van der Waals surface area contributed by atoms with Crippen LogP contribution in [0.2, 0.25) is 0 Å². The van der Waals surface area contributed by atoms with Gasteiger partial charge in [0.05, 0.1) is 17.9 Å². The van der Waals surface area contributed by atoms with Crippen LogP contribution in [0.25, 0.3) is 11.0 Å². The number of hydrogen-bond acceptors (Lipinski definition) is 7. The zero-order chi connectivity index (χ0) is 24.7. The summed E-state index contributed by atoms with van der Waals surface area (Å²) >= 11 is 0. The third-order valence-electron chi connectivity index (χ3n) is 6.56. The molecule has 0 unspecified atom stereocenters. The summed E-state index contributed by atoms with van der Waals surface area (Å²) in [4.78, 5) is 55.1. The number of rotatable bonds is 6. The molecule has 1 fully saturated rings. The van der Waals surface area contributed by atoms with Crippen LogP contribution in [0.15, 0.2) is 57.7 Å². The molecule has 0 spiro atoms. The molecule has 2 aliphatic rings. The van der Waals surface area contributed by atoms with E-state index in [-0.39, 0.29) is 44.4 Å². The molecule has 3 aromatic rings. The Kier molecular flexibility index (Phi) is 5.64. The van der Waals surface area contributed by atoms with Gasteiger partial charge in [-0.05, 0) is 30.7 Å². The fourth-order valence-corrected chi connectivity index (χ4v) is 4.95. The van der Waals surface area contributed by atoms with Gasteiger partial charge in [-0.2, -0.15) is 0 Å². The van der Waals surface area contributed by atoms with Crippen molar-refractivity contribution < 1.29 is 28.3 Å². The minimum atomic E-state index is -1.63. The topological polar surface area (TPSA) is 106 Å². The van der Waals surface area contributed by atoms with Crippen molar-refractivity contribution in [3.8, 4) is 0 Å². The maximum atomic E-state index is 13.8. The fourth-order valence-electron chi connectivity index (χ4n) is 4.95. The molecule has 2 aromatic carbocycles. The van der Waals surface area contributed by atoms with Gasteiger partial charge in [-0.1, -0.05) is 24.3 Å². The van der Waals surface area contributed by atoms with E-state index in [9.17, 15) is 19.2 Å². The lowest BCUT2D eigenvalue weighted by molar-refractivity contribution is -0.159. The Morgan fingerprint density at radius 1 is 1.11 bits per heavy atom. The molecule has 3 heterocycles. The first-order chi connectivity index (χ1) is 16.9. The van der Waals surface area contributed by atoms with Crippen LogP contribution < -0.4 is 10.5 Å². The van der Waals surface area contributed by atoms with Crippen LogP contribution in [0.1, 0.15) is 34.3 Å². The van der Waals surface area contributed by atoms with Gasteiger partial charge in [0.25, 0.3) is 5.91 Å². The van der Waals surface area contributed by atoms with Crippen molar-refractivity contribution in [3.05, 3.63) is 75.6 Å². The van der Waals surface area contributed by atoms with Crippen LogP contribution in [-0.2, 0) is 25.7 Å². The Labute approximate surface area is 200 Å². The quantitative estimate of drug-likeness (QED) is 0.398. The van der Waals surface area contributed by atoms with Gasteiger partial charge in [-0.3, -0.25) is 14.5 Å². The van der Waals surface area contributed by atoms with Crippen LogP contribution in [-0.4, -0.2) is 48.6 Å². The van der Waals surface area contributed by atoms with E-state index in [2.05, 4.69) is 0 Å². The second-order valence-electron chi connectivity index (χ2n) is 8.68. The molecule has 9 heteroatoms. The summed E-state index contributed by atoms with van der Waals surface area (Å²) < 4.78 is 16.2. The van der Waals surface area contributed by atoms with Gasteiger partial charge < -0.3 is 18.8 Å². The molecule has 0 aliphatic carbocycles. The predicted octanol–water partition coefficient (Wildman–Crippen LogP) is 2.77. The molecule has 180 valence electrons. The minimum Gasteiger partial charge on any atom is -0.458 e. The standard InChI is InChI=1S/C26H24N2O7/c1-16-7-8-18-17(14-23(30)35-21(18)13-16)15-34-25(32)26-10-9-22(29)28(26)20-6-4-3-5-19(20)24(31)27(26)11-12-33-2/h3-8,13-14H,9-12,15H2,1-2H3/t26-/m0/s1. The summed E-state index contributed by atoms with van der Waals surface area (Å²) in [7, 11) is 1.50. The highest BCUT2D eigenvalue weighted by Gasteiger charge is 2.61. The molecule has 1 saturated heterocycles. The molecule has 0 bridgehead atoms. The molecule has 2 amide bonds. The first kappa shape index (κ1) is 22.8. The lowest BCUT2D eigenvalue weighted by Gasteiger charge is -2.48. The number of carbonyl (C=O) groups is 3. The van der Waals surface area contributed by atoms with E-state index in [1.807, 2.05) is 13.0 Å². The molecular formula is C26H24N2O7. The third kappa shape index (κ3) is 3.59. The average Bonchev–Trinajstić information content (AvgIpc) is 3.20. The van der Waals surface area contributed by atoms with Gasteiger partial charge in [-0.15, -0.1) is 0 Å². The van der Waals surface area contributed by atoms with Crippen LogP contribution in [0, 0.1) is 6.92 Å². The molecule has 2 aliphatic heterocycles. The van der Waals surface area contributed by atoms with Gasteiger partial charge in [-0.25, -0.2) is 9.59 Å². The van der Waals surface area contributed by atoms with Crippen LogP contribution >= 0.6 is 0 Å². The van der Waals surface area contributed by atoms with Crippen molar-refractivity contribution in [1.82, 2.24) is 4.90 Å². The maximum absolute atomic E-state index is 13.8. The van der Waals surface area contributed by atoms with Gasteiger partial charge >= 0.3 is 11.6 Å². The zero-order valence-corrected chi connectivity index (χ0v) is 19.4. The van der Waals surface area contributed by atoms with Crippen molar-refractivity contribution in [2.24, 2.45) is 0 Å². The highest BCUT2D eigenvalue weighted by atomic mass is 16.5. The predicted molar refractivity (Wildman–Crippen MR) is 126 cm³/mol.